The molecule has 254 valence electrons. The fraction of sp³-hybridized carbons (Fsp3) is 0.889. The van der Waals surface area contributed by atoms with Crippen molar-refractivity contribution in [2.45, 2.75) is 156 Å². The van der Waals surface area contributed by atoms with E-state index in [2.05, 4.69) is 43.2 Å². The normalized spacial score (nSPS) is 30.9. The van der Waals surface area contributed by atoms with Gasteiger partial charge in [0.05, 0.1) is 13.2 Å². The Labute approximate surface area is 271 Å². The molecule has 1 unspecified atom stereocenters. The van der Waals surface area contributed by atoms with Gasteiger partial charge in [0, 0.05) is 18.0 Å². The molecule has 0 aromatic carbocycles. The minimum atomic E-state index is -0.851. The topological polar surface area (TPSA) is 108 Å². The van der Waals surface area contributed by atoms with E-state index in [9.17, 15) is 19.2 Å². The third-order valence-corrected chi connectivity index (χ3v) is 13.2. The monoisotopic (exact) mass is 628 g/mol. The van der Waals surface area contributed by atoms with Gasteiger partial charge in [-0.3, -0.25) is 19.3 Å². The van der Waals surface area contributed by atoms with Gasteiger partial charge in [0.15, 0.2) is 0 Å². The van der Waals surface area contributed by atoms with Gasteiger partial charge in [-0.2, -0.15) is 0 Å². The Balaban J connectivity index is 1.39. The van der Waals surface area contributed by atoms with Gasteiger partial charge in [-0.05, 0) is 87.5 Å². The van der Waals surface area contributed by atoms with Gasteiger partial charge >= 0.3 is 5.97 Å². The van der Waals surface area contributed by atoms with Crippen molar-refractivity contribution in [2.24, 2.45) is 27.6 Å². The molecule has 9 heteroatoms. The highest BCUT2D eigenvalue weighted by atomic mass is 16.5. The van der Waals surface area contributed by atoms with Crippen LogP contribution in [0.3, 0.4) is 0 Å². The fourth-order valence-electron chi connectivity index (χ4n) is 10.2. The van der Waals surface area contributed by atoms with E-state index in [1.54, 1.807) is 4.90 Å². The molecule has 5 aliphatic rings. The number of fused-ring (bicyclic) bond motifs is 1. The summed E-state index contributed by atoms with van der Waals surface area (Å²) in [7, 11) is 1.39. The van der Waals surface area contributed by atoms with Gasteiger partial charge in [-0.1, -0.05) is 66.7 Å². The summed E-state index contributed by atoms with van der Waals surface area (Å²) >= 11 is 0. The van der Waals surface area contributed by atoms with E-state index in [4.69, 9.17) is 4.74 Å². The molecular formula is C36H60N4O5. The average Bonchev–Trinajstić information content (AvgIpc) is 3.20. The van der Waals surface area contributed by atoms with Gasteiger partial charge in [-0.15, -0.1) is 0 Å². The van der Waals surface area contributed by atoms with E-state index >= 15 is 0 Å². The molecule has 3 aliphatic carbocycles. The Hall–Kier alpha value is -2.16. The highest BCUT2D eigenvalue weighted by Crippen LogP contribution is 2.88. The number of esters is 1. The van der Waals surface area contributed by atoms with E-state index in [0.29, 0.717) is 13.0 Å². The molecule has 5 atom stereocenters. The first kappa shape index (κ1) is 34.2. The summed E-state index contributed by atoms with van der Waals surface area (Å²) in [6, 6.07) is -2.22. The molecule has 45 heavy (non-hydrogen) atoms. The van der Waals surface area contributed by atoms with E-state index in [-0.39, 0.29) is 57.9 Å². The van der Waals surface area contributed by atoms with Crippen LogP contribution in [0.4, 0.5) is 0 Å². The second kappa shape index (κ2) is 12.5. The maximum Gasteiger partial charge on any atom is 0.328 e. The van der Waals surface area contributed by atoms with Crippen molar-refractivity contribution in [1.29, 1.82) is 0 Å². The number of likely N-dealkylation sites (tertiary alicyclic amines) is 2. The van der Waals surface area contributed by atoms with Crippen molar-refractivity contribution in [1.82, 2.24) is 20.4 Å². The van der Waals surface area contributed by atoms with Crippen LogP contribution < -0.4 is 10.6 Å². The molecule has 0 bridgehead atoms. The lowest BCUT2D eigenvalue weighted by atomic mass is 9.73. The molecule has 0 aromatic rings. The van der Waals surface area contributed by atoms with Crippen LogP contribution in [0.1, 0.15) is 126 Å². The quantitative estimate of drug-likeness (QED) is 0.374. The number of hydrogen-bond donors (Lipinski definition) is 2. The van der Waals surface area contributed by atoms with Crippen LogP contribution in [-0.4, -0.2) is 83.9 Å². The highest BCUT2D eigenvalue weighted by molar-refractivity contribution is 5.95. The summed E-state index contributed by atoms with van der Waals surface area (Å²) in [6.45, 7) is 16.1. The van der Waals surface area contributed by atoms with Crippen LogP contribution in [0.15, 0.2) is 0 Å². The van der Waals surface area contributed by atoms with Crippen LogP contribution in [0.5, 0.6) is 0 Å². The Bertz CT molecular complexity index is 1150. The van der Waals surface area contributed by atoms with Gasteiger partial charge in [0.25, 0.3) is 0 Å². The van der Waals surface area contributed by atoms with Gasteiger partial charge < -0.3 is 20.3 Å². The van der Waals surface area contributed by atoms with Crippen LogP contribution >= 0.6 is 0 Å². The first-order valence-electron chi connectivity index (χ1n) is 17.9. The molecule has 3 amide bonds. The third-order valence-electron chi connectivity index (χ3n) is 13.2. The van der Waals surface area contributed by atoms with Crippen LogP contribution in [0, 0.1) is 27.6 Å². The number of amides is 3. The van der Waals surface area contributed by atoms with Crippen molar-refractivity contribution >= 4 is 23.7 Å². The summed E-state index contributed by atoms with van der Waals surface area (Å²) in [5.74, 6) is -0.959. The second-order valence-electron chi connectivity index (χ2n) is 16.9. The predicted octanol–water partition coefficient (Wildman–Crippen LogP) is 4.82. The molecule has 5 fully saturated rings. The van der Waals surface area contributed by atoms with E-state index < -0.39 is 23.5 Å². The highest BCUT2D eigenvalue weighted by Gasteiger charge is 2.85. The Morgan fingerprint density at radius 3 is 2.02 bits per heavy atom. The minimum Gasteiger partial charge on any atom is -0.467 e. The molecule has 2 heterocycles. The molecule has 2 N–H and O–H groups in total. The number of nitrogens with one attached hydrogen (secondary N) is 2. The zero-order valence-electron chi connectivity index (χ0n) is 29.3. The molecule has 5 rings (SSSR count). The average molecular weight is 629 g/mol. The molecule has 2 saturated heterocycles. The Morgan fingerprint density at radius 2 is 1.49 bits per heavy atom. The number of rotatable bonds is 8. The Kier molecular flexibility index (Phi) is 9.46. The zero-order valence-corrected chi connectivity index (χ0v) is 29.3. The van der Waals surface area contributed by atoms with Gasteiger partial charge in [0.2, 0.25) is 17.7 Å². The van der Waals surface area contributed by atoms with E-state index in [1.165, 1.54) is 13.5 Å². The van der Waals surface area contributed by atoms with E-state index in [1.807, 2.05) is 20.8 Å². The van der Waals surface area contributed by atoms with Crippen LogP contribution in [-0.2, 0) is 23.9 Å². The SMILES string of the molecule is COC(=O)[C@@H]1C[C@@]2(CN1C(=O)[C@@H](NC(=O)[C@@H](NC(=O)C1CCCCN1C(C)C)C1CCCCC1)C(C)(C)C)C(C)(C)C21CCC1. The molecule has 9 nitrogen and oxygen atoms in total. The number of nitrogens with zero attached hydrogens (tertiary/aromatic N) is 2. The minimum absolute atomic E-state index is 0.0260. The number of piperidine rings is 1. The largest absolute Gasteiger partial charge is 0.467 e. The lowest BCUT2D eigenvalue weighted by molar-refractivity contribution is -0.153. The standard InChI is InChI=1S/C36H60N4O5/c1-23(2)39-20-13-12-17-25(39)29(41)37-27(24-15-10-9-11-16-24)30(42)38-28(33(3,4)5)31(43)40-22-36(21-26(40)32(44)45-8)34(6,7)35(36)18-14-19-35/h23-28H,9-22H2,1-8H3,(H,37,41)(H,38,42)/t25?,26-,27-,28+,36+/m0/s1. The fourth-order valence-corrected chi connectivity index (χ4v) is 10.2. The second-order valence-corrected chi connectivity index (χ2v) is 16.9. The van der Waals surface area contributed by atoms with Crippen LogP contribution in [0.25, 0.3) is 0 Å². The number of ether oxygens (including phenoxy) is 1. The summed E-state index contributed by atoms with van der Waals surface area (Å²) in [4.78, 5) is 59.9. The maximum absolute atomic E-state index is 14.6. The summed E-state index contributed by atoms with van der Waals surface area (Å²) in [5, 5.41) is 6.37. The molecule has 2 aliphatic heterocycles. The van der Waals surface area contributed by atoms with Gasteiger partial charge in [0.1, 0.15) is 18.1 Å². The first-order chi connectivity index (χ1) is 21.1. The Morgan fingerprint density at radius 1 is 0.844 bits per heavy atom. The number of carbonyl (C=O) groups is 4. The molecule has 0 aromatic heterocycles. The first-order valence-corrected chi connectivity index (χ1v) is 17.9. The number of carbonyl (C=O) groups excluding carboxylic acids is 4. The van der Waals surface area contributed by atoms with Crippen molar-refractivity contribution in [3.63, 3.8) is 0 Å². The van der Waals surface area contributed by atoms with Crippen molar-refractivity contribution < 1.29 is 23.9 Å². The summed E-state index contributed by atoms with van der Waals surface area (Å²) in [5.41, 5.74) is -0.518. The molecule has 3 saturated carbocycles. The van der Waals surface area contributed by atoms with Crippen molar-refractivity contribution in [3.8, 4) is 0 Å². The molecule has 2 spiro atoms. The number of methoxy groups -OCH3 is 1. The smallest absolute Gasteiger partial charge is 0.328 e. The van der Waals surface area contributed by atoms with Gasteiger partial charge in [-0.25, -0.2) is 4.79 Å². The lowest BCUT2D eigenvalue weighted by Gasteiger charge is -2.40. The summed E-state index contributed by atoms with van der Waals surface area (Å²) in [6.07, 6.45) is 11.9. The predicted molar refractivity (Wildman–Crippen MR) is 174 cm³/mol. The van der Waals surface area contributed by atoms with E-state index in [0.717, 1.165) is 70.8 Å². The summed E-state index contributed by atoms with van der Waals surface area (Å²) < 4.78 is 5.24. The third kappa shape index (κ3) is 5.71. The van der Waals surface area contributed by atoms with Crippen molar-refractivity contribution in [3.05, 3.63) is 0 Å². The lowest BCUT2D eigenvalue weighted by Crippen LogP contribution is -2.62. The van der Waals surface area contributed by atoms with Crippen molar-refractivity contribution in [2.75, 3.05) is 20.2 Å². The molecular weight excluding hydrogens is 568 g/mol. The maximum atomic E-state index is 14.6. The number of hydrogen-bond acceptors (Lipinski definition) is 6. The van der Waals surface area contributed by atoms with Crippen LogP contribution in [0.2, 0.25) is 0 Å². The molecule has 0 radical (unpaired) electrons. The zero-order chi connectivity index (χ0) is 32.9.